The molecule has 4 unspecified atom stereocenters. The van der Waals surface area contributed by atoms with Gasteiger partial charge in [0.15, 0.2) is 0 Å². The summed E-state index contributed by atoms with van der Waals surface area (Å²) in [6.45, 7) is 20.0. The van der Waals surface area contributed by atoms with Crippen molar-refractivity contribution in [1.82, 2.24) is 0 Å². The average Bonchev–Trinajstić information content (AvgIpc) is 2.86. The van der Waals surface area contributed by atoms with E-state index in [0.29, 0.717) is 54.6 Å². The second-order valence-corrected chi connectivity index (χ2v) is 14.7. The first-order valence-electron chi connectivity index (χ1n) is 15.8. The number of rotatable bonds is 17. The first kappa shape index (κ1) is 38.5. The summed E-state index contributed by atoms with van der Waals surface area (Å²) < 4.78 is 36.6. The van der Waals surface area contributed by atoms with Gasteiger partial charge in [-0.3, -0.25) is 0 Å². The Morgan fingerprint density at radius 3 is 1.60 bits per heavy atom. The fourth-order valence-electron chi connectivity index (χ4n) is 6.44. The van der Waals surface area contributed by atoms with Crippen LogP contribution in [0, 0.1) is 23.7 Å². The van der Waals surface area contributed by atoms with E-state index < -0.39 is 10.1 Å². The molecule has 2 rings (SSSR count). The standard InChI is InChI=1S/C28H44O3S.C6H15NO3/c1-18(2)12-20(5)14-22(7)24-16-27-25(23(8)15-21(6)13-19(3)4)10-9-11-26(27)28(17-24)32(29,30)31;8-4-1-7(2-5-9)3-6-10/h9-11,16-23H,12-15H2,1-8H3,(H,29,30,31);8-10H,1-6H2. The zero-order valence-electron chi connectivity index (χ0n) is 27.4. The molecule has 7 nitrogen and oxygen atoms in total. The largest absolute Gasteiger partial charge is 0.744 e. The molecule has 2 aromatic rings. The first-order valence-corrected chi connectivity index (χ1v) is 17.2. The topological polar surface area (TPSA) is 122 Å². The Labute approximate surface area is 256 Å². The third kappa shape index (κ3) is 13.4. The SMILES string of the molecule is CC(C)CC(C)CC(C)c1cc(S(=O)(=O)[O-])c2cccc(C(C)CC(C)CC(C)C)c2c1.OCC[NH+](CCO)CCO. The molecular formula is C34H59NO6S. The van der Waals surface area contributed by atoms with E-state index in [1.54, 1.807) is 12.1 Å². The molecule has 2 aromatic carbocycles. The van der Waals surface area contributed by atoms with E-state index >= 15 is 0 Å². The van der Waals surface area contributed by atoms with E-state index in [-0.39, 0.29) is 30.6 Å². The Kier molecular flexibility index (Phi) is 17.4. The van der Waals surface area contributed by atoms with Gasteiger partial charge in [0.05, 0.1) is 24.7 Å². The molecule has 0 amide bonds. The minimum atomic E-state index is -4.56. The lowest BCUT2D eigenvalue weighted by molar-refractivity contribution is -0.901. The Balaban J connectivity index is 0.000000752. The van der Waals surface area contributed by atoms with Crippen LogP contribution in [0.2, 0.25) is 0 Å². The van der Waals surface area contributed by atoms with Gasteiger partial charge in [-0.2, -0.15) is 0 Å². The van der Waals surface area contributed by atoms with Crippen LogP contribution in [-0.4, -0.2) is 67.7 Å². The molecule has 4 N–H and O–H groups in total. The molecule has 4 atom stereocenters. The van der Waals surface area contributed by atoms with Gasteiger partial charge < -0.3 is 24.8 Å². The molecule has 42 heavy (non-hydrogen) atoms. The summed E-state index contributed by atoms with van der Waals surface area (Å²) >= 11 is 0. The summed E-state index contributed by atoms with van der Waals surface area (Å²) in [7, 11) is -4.56. The predicted molar refractivity (Wildman–Crippen MR) is 172 cm³/mol. The van der Waals surface area contributed by atoms with Gasteiger partial charge in [-0.1, -0.05) is 79.7 Å². The second kappa shape index (κ2) is 19.0. The number of quaternary nitrogens is 1. The van der Waals surface area contributed by atoms with Crippen LogP contribution in [-0.2, 0) is 10.1 Å². The Bertz CT molecular complexity index is 1140. The van der Waals surface area contributed by atoms with Crippen LogP contribution >= 0.6 is 0 Å². The number of hydrogen-bond acceptors (Lipinski definition) is 6. The van der Waals surface area contributed by atoms with Crippen LogP contribution in [0.3, 0.4) is 0 Å². The van der Waals surface area contributed by atoms with Crippen molar-refractivity contribution in [2.45, 2.75) is 97.8 Å². The average molecular weight is 610 g/mol. The Morgan fingerprint density at radius 1 is 0.690 bits per heavy atom. The van der Waals surface area contributed by atoms with E-state index in [9.17, 15) is 13.0 Å². The monoisotopic (exact) mass is 609 g/mol. The van der Waals surface area contributed by atoms with Gasteiger partial charge in [0.1, 0.15) is 29.8 Å². The normalized spacial score (nSPS) is 15.1. The van der Waals surface area contributed by atoms with Crippen molar-refractivity contribution in [3.05, 3.63) is 41.5 Å². The highest BCUT2D eigenvalue weighted by Crippen LogP contribution is 2.37. The van der Waals surface area contributed by atoms with Crippen LogP contribution in [0.4, 0.5) is 0 Å². The van der Waals surface area contributed by atoms with Crippen molar-refractivity contribution in [3.63, 3.8) is 0 Å². The van der Waals surface area contributed by atoms with Crippen LogP contribution in [0.25, 0.3) is 10.8 Å². The van der Waals surface area contributed by atoms with Crippen molar-refractivity contribution >= 4 is 20.9 Å². The molecule has 0 saturated carbocycles. The summed E-state index contributed by atoms with van der Waals surface area (Å²) in [6, 6.07) is 9.56. The van der Waals surface area contributed by atoms with Crippen molar-refractivity contribution in [2.75, 3.05) is 39.5 Å². The lowest BCUT2D eigenvalue weighted by atomic mass is 9.83. The predicted octanol–water partition coefficient (Wildman–Crippen LogP) is 4.94. The van der Waals surface area contributed by atoms with Crippen molar-refractivity contribution in [1.29, 1.82) is 0 Å². The molecule has 0 spiro atoms. The number of benzene rings is 2. The van der Waals surface area contributed by atoms with Gasteiger partial charge in [0, 0.05) is 0 Å². The van der Waals surface area contributed by atoms with E-state index in [1.807, 2.05) is 6.07 Å². The van der Waals surface area contributed by atoms with E-state index in [1.165, 1.54) is 6.42 Å². The van der Waals surface area contributed by atoms with Gasteiger partial charge in [-0.05, 0) is 89.2 Å². The smallest absolute Gasteiger partial charge is 0.125 e. The maximum absolute atomic E-state index is 12.2. The summed E-state index contributed by atoms with van der Waals surface area (Å²) in [4.78, 5) is 0.963. The zero-order valence-corrected chi connectivity index (χ0v) is 28.2. The Morgan fingerprint density at radius 2 is 1.17 bits per heavy atom. The molecule has 0 heterocycles. The zero-order chi connectivity index (χ0) is 32.0. The number of nitrogens with one attached hydrogen (secondary N) is 1. The van der Waals surface area contributed by atoms with Gasteiger partial charge in [-0.15, -0.1) is 0 Å². The summed E-state index contributed by atoms with van der Waals surface area (Å²) in [5, 5.41) is 27.0. The van der Waals surface area contributed by atoms with Gasteiger partial charge in [0.25, 0.3) is 0 Å². The van der Waals surface area contributed by atoms with Gasteiger partial charge >= 0.3 is 0 Å². The molecule has 242 valence electrons. The second-order valence-electron chi connectivity index (χ2n) is 13.3. The molecule has 0 radical (unpaired) electrons. The maximum Gasteiger partial charge on any atom is 0.125 e. The summed E-state index contributed by atoms with van der Waals surface area (Å²) in [6.07, 6.45) is 4.33. The fourth-order valence-corrected chi connectivity index (χ4v) is 7.17. The summed E-state index contributed by atoms with van der Waals surface area (Å²) in [5.74, 6) is 2.90. The van der Waals surface area contributed by atoms with E-state index in [0.717, 1.165) is 40.7 Å². The Hall–Kier alpha value is -1.55. The van der Waals surface area contributed by atoms with Crippen molar-refractivity contribution in [3.8, 4) is 0 Å². The molecule has 0 aromatic heterocycles. The highest BCUT2D eigenvalue weighted by Gasteiger charge is 2.20. The number of aliphatic hydroxyl groups excluding tert-OH is 3. The van der Waals surface area contributed by atoms with Crippen LogP contribution < -0.4 is 4.90 Å². The third-order valence-corrected chi connectivity index (χ3v) is 8.92. The quantitative estimate of drug-likeness (QED) is 0.189. The molecule has 0 aliphatic heterocycles. The first-order chi connectivity index (χ1) is 19.6. The number of hydrogen-bond donors (Lipinski definition) is 4. The number of fused-ring (bicyclic) bond motifs is 1. The van der Waals surface area contributed by atoms with Crippen molar-refractivity contribution in [2.24, 2.45) is 23.7 Å². The molecule has 0 aliphatic rings. The van der Waals surface area contributed by atoms with Gasteiger partial charge in [-0.25, -0.2) is 8.42 Å². The summed E-state index contributed by atoms with van der Waals surface area (Å²) in [5.41, 5.74) is 2.10. The van der Waals surface area contributed by atoms with Crippen LogP contribution in [0.15, 0.2) is 35.2 Å². The van der Waals surface area contributed by atoms with Gasteiger partial charge in [0.2, 0.25) is 0 Å². The number of aliphatic hydroxyl groups is 3. The fraction of sp³-hybridized carbons (Fsp3) is 0.706. The molecular weight excluding hydrogens is 550 g/mol. The lowest BCUT2D eigenvalue weighted by Gasteiger charge is -2.24. The minimum Gasteiger partial charge on any atom is -0.744 e. The van der Waals surface area contributed by atoms with Crippen molar-refractivity contribution < 1.29 is 33.2 Å². The molecule has 0 saturated heterocycles. The molecule has 0 fully saturated rings. The third-order valence-electron chi connectivity index (χ3n) is 8.04. The highest BCUT2D eigenvalue weighted by atomic mass is 32.2. The maximum atomic E-state index is 12.2. The van der Waals surface area contributed by atoms with Crippen LogP contribution in [0.5, 0.6) is 0 Å². The van der Waals surface area contributed by atoms with Crippen LogP contribution in [0.1, 0.15) is 104 Å². The molecule has 0 aliphatic carbocycles. The minimum absolute atomic E-state index is 0.0716. The van der Waals surface area contributed by atoms with E-state index in [4.69, 9.17) is 15.3 Å². The highest BCUT2D eigenvalue weighted by molar-refractivity contribution is 7.86. The van der Waals surface area contributed by atoms with E-state index in [2.05, 4.69) is 67.5 Å². The molecule has 8 heteroatoms. The molecule has 0 bridgehead atoms. The lowest BCUT2D eigenvalue weighted by Crippen LogP contribution is -3.13.